The topological polar surface area (TPSA) is 39.6 Å². The minimum absolute atomic E-state index is 0.358. The first kappa shape index (κ1) is 15.3. The van der Waals surface area contributed by atoms with Crippen LogP contribution in [0, 0.1) is 13.8 Å². The second kappa shape index (κ2) is 5.98. The van der Waals surface area contributed by atoms with E-state index in [1.807, 2.05) is 18.2 Å². The summed E-state index contributed by atoms with van der Waals surface area (Å²) >= 11 is 1.78. The molecule has 0 radical (unpaired) electrons. The Kier molecular flexibility index (Phi) is 3.81. The molecular formula is C19H21N3OS. The van der Waals surface area contributed by atoms with Crippen LogP contribution < -0.4 is 9.80 Å². The van der Waals surface area contributed by atoms with Crippen LogP contribution in [0.5, 0.6) is 5.75 Å². The first-order valence-electron chi connectivity index (χ1n) is 8.27. The number of rotatable bonds is 2. The first-order chi connectivity index (χ1) is 11.6. The monoisotopic (exact) mass is 339 g/mol. The van der Waals surface area contributed by atoms with E-state index in [-0.39, 0.29) is 0 Å². The van der Waals surface area contributed by atoms with Gasteiger partial charge in [0.25, 0.3) is 0 Å². The summed E-state index contributed by atoms with van der Waals surface area (Å²) in [6.07, 6.45) is 0. The fourth-order valence-electron chi connectivity index (χ4n) is 3.36. The van der Waals surface area contributed by atoms with Gasteiger partial charge in [-0.25, -0.2) is 4.98 Å². The Hall–Kier alpha value is -2.27. The van der Waals surface area contributed by atoms with E-state index in [0.29, 0.717) is 5.75 Å². The molecule has 2 aromatic carbocycles. The largest absolute Gasteiger partial charge is 0.506 e. The fourth-order valence-corrected chi connectivity index (χ4v) is 4.56. The Morgan fingerprint density at radius 3 is 2.46 bits per heavy atom. The molecule has 0 amide bonds. The quantitative estimate of drug-likeness (QED) is 0.767. The van der Waals surface area contributed by atoms with Crippen molar-refractivity contribution in [2.45, 2.75) is 13.8 Å². The molecule has 1 fully saturated rings. The average Bonchev–Trinajstić information content (AvgIpc) is 3.00. The summed E-state index contributed by atoms with van der Waals surface area (Å²) in [4.78, 5) is 9.47. The Labute approximate surface area is 146 Å². The summed E-state index contributed by atoms with van der Waals surface area (Å²) in [6, 6.07) is 12.0. The average molecular weight is 339 g/mol. The third-order valence-corrected chi connectivity index (χ3v) is 5.65. The van der Waals surface area contributed by atoms with E-state index in [4.69, 9.17) is 4.98 Å². The number of aromatic nitrogens is 1. The summed E-state index contributed by atoms with van der Waals surface area (Å²) in [5.41, 5.74) is 4.59. The lowest BCUT2D eigenvalue weighted by atomic mass is 10.1. The predicted molar refractivity (Wildman–Crippen MR) is 102 cm³/mol. The molecule has 4 nitrogen and oxygen atoms in total. The van der Waals surface area contributed by atoms with Crippen LogP contribution in [-0.2, 0) is 0 Å². The number of aromatic hydroxyl groups is 1. The van der Waals surface area contributed by atoms with Crippen molar-refractivity contribution in [2.75, 3.05) is 36.0 Å². The minimum Gasteiger partial charge on any atom is -0.506 e. The molecule has 1 N–H and O–H groups in total. The second-order valence-electron chi connectivity index (χ2n) is 6.39. The van der Waals surface area contributed by atoms with Gasteiger partial charge in [-0.2, -0.15) is 0 Å². The number of phenolic OH excluding ortho intramolecular Hbond substituents is 1. The molecule has 1 saturated heterocycles. The van der Waals surface area contributed by atoms with Gasteiger partial charge in [0.05, 0.1) is 15.9 Å². The molecule has 24 heavy (non-hydrogen) atoms. The first-order valence-corrected chi connectivity index (χ1v) is 9.09. The number of anilines is 2. The van der Waals surface area contributed by atoms with Crippen LogP contribution in [0.25, 0.3) is 10.2 Å². The maximum absolute atomic E-state index is 10.0. The SMILES string of the molecule is Cc1cc(C)c2nc(N3CCN(c4ccccc4O)CC3)sc2c1. The van der Waals surface area contributed by atoms with Gasteiger partial charge in [-0.3, -0.25) is 0 Å². The number of aryl methyl sites for hydroxylation is 2. The zero-order valence-electron chi connectivity index (χ0n) is 14.0. The van der Waals surface area contributed by atoms with E-state index in [0.717, 1.165) is 42.5 Å². The van der Waals surface area contributed by atoms with Gasteiger partial charge < -0.3 is 14.9 Å². The molecule has 0 atom stereocenters. The van der Waals surface area contributed by atoms with Crippen LogP contribution in [0.3, 0.4) is 0 Å². The van der Waals surface area contributed by atoms with Crippen molar-refractivity contribution < 1.29 is 5.11 Å². The standard InChI is InChI=1S/C19H21N3OS/c1-13-11-14(2)18-17(12-13)24-19(20-18)22-9-7-21(8-10-22)15-5-3-4-6-16(15)23/h3-6,11-12,23H,7-10H2,1-2H3. The smallest absolute Gasteiger partial charge is 0.186 e. The highest BCUT2D eigenvalue weighted by Gasteiger charge is 2.21. The van der Waals surface area contributed by atoms with Gasteiger partial charge in [-0.05, 0) is 43.2 Å². The fraction of sp³-hybridized carbons (Fsp3) is 0.316. The van der Waals surface area contributed by atoms with E-state index < -0.39 is 0 Å². The number of benzene rings is 2. The van der Waals surface area contributed by atoms with Crippen LogP contribution in [0.15, 0.2) is 36.4 Å². The van der Waals surface area contributed by atoms with Gasteiger partial charge in [0, 0.05) is 26.2 Å². The third kappa shape index (κ3) is 2.69. The normalized spacial score (nSPS) is 15.2. The lowest BCUT2D eigenvalue weighted by molar-refractivity contribution is 0.472. The van der Waals surface area contributed by atoms with Crippen LogP contribution in [-0.4, -0.2) is 36.3 Å². The Morgan fingerprint density at radius 1 is 1.00 bits per heavy atom. The van der Waals surface area contributed by atoms with E-state index >= 15 is 0 Å². The maximum Gasteiger partial charge on any atom is 0.186 e. The van der Waals surface area contributed by atoms with Crippen molar-refractivity contribution in [1.82, 2.24) is 4.98 Å². The van der Waals surface area contributed by atoms with E-state index in [1.54, 1.807) is 17.4 Å². The highest BCUT2D eigenvalue weighted by Crippen LogP contribution is 2.33. The summed E-state index contributed by atoms with van der Waals surface area (Å²) in [5, 5.41) is 11.1. The van der Waals surface area contributed by atoms with Crippen LogP contribution in [0.4, 0.5) is 10.8 Å². The zero-order valence-corrected chi connectivity index (χ0v) is 14.8. The number of hydrogen-bond acceptors (Lipinski definition) is 5. The summed E-state index contributed by atoms with van der Waals surface area (Å²) in [6.45, 7) is 7.90. The van der Waals surface area contributed by atoms with Crippen LogP contribution >= 0.6 is 11.3 Å². The number of para-hydroxylation sites is 2. The molecule has 1 aliphatic rings. The Bertz CT molecular complexity index is 881. The lowest BCUT2D eigenvalue weighted by Gasteiger charge is -2.36. The molecule has 5 heteroatoms. The Morgan fingerprint density at radius 2 is 1.71 bits per heavy atom. The lowest BCUT2D eigenvalue weighted by Crippen LogP contribution is -2.46. The molecule has 2 heterocycles. The molecule has 0 spiro atoms. The van der Waals surface area contributed by atoms with Crippen molar-refractivity contribution in [3.05, 3.63) is 47.5 Å². The van der Waals surface area contributed by atoms with Crippen LogP contribution in [0.2, 0.25) is 0 Å². The summed E-state index contributed by atoms with van der Waals surface area (Å²) in [5.74, 6) is 0.358. The number of nitrogens with zero attached hydrogens (tertiary/aromatic N) is 3. The van der Waals surface area contributed by atoms with E-state index in [9.17, 15) is 5.11 Å². The number of hydrogen-bond donors (Lipinski definition) is 1. The van der Waals surface area contributed by atoms with Crippen molar-refractivity contribution in [3.63, 3.8) is 0 Å². The van der Waals surface area contributed by atoms with Gasteiger partial charge in [-0.1, -0.05) is 29.5 Å². The van der Waals surface area contributed by atoms with Crippen molar-refractivity contribution >= 4 is 32.4 Å². The number of phenols is 1. The molecule has 3 aromatic rings. The molecule has 1 aliphatic heterocycles. The summed E-state index contributed by atoms with van der Waals surface area (Å²) in [7, 11) is 0. The summed E-state index contributed by atoms with van der Waals surface area (Å²) < 4.78 is 1.27. The number of fused-ring (bicyclic) bond motifs is 1. The van der Waals surface area contributed by atoms with Gasteiger partial charge in [0.1, 0.15) is 5.75 Å². The zero-order chi connectivity index (χ0) is 16.7. The van der Waals surface area contributed by atoms with Gasteiger partial charge in [0.15, 0.2) is 5.13 Å². The molecule has 1 aromatic heterocycles. The van der Waals surface area contributed by atoms with Gasteiger partial charge >= 0.3 is 0 Å². The maximum atomic E-state index is 10.0. The van der Waals surface area contributed by atoms with E-state index in [1.165, 1.54) is 15.8 Å². The molecule has 0 bridgehead atoms. The third-order valence-electron chi connectivity index (χ3n) is 4.59. The highest BCUT2D eigenvalue weighted by molar-refractivity contribution is 7.22. The van der Waals surface area contributed by atoms with E-state index in [2.05, 4.69) is 35.8 Å². The van der Waals surface area contributed by atoms with Crippen molar-refractivity contribution in [2.24, 2.45) is 0 Å². The Balaban J connectivity index is 1.54. The van der Waals surface area contributed by atoms with Gasteiger partial charge in [0.2, 0.25) is 0 Å². The minimum atomic E-state index is 0.358. The molecule has 124 valence electrons. The molecule has 4 rings (SSSR count). The molecule has 0 unspecified atom stereocenters. The highest BCUT2D eigenvalue weighted by atomic mass is 32.1. The second-order valence-corrected chi connectivity index (χ2v) is 7.40. The number of thiazole rings is 1. The molecule has 0 aliphatic carbocycles. The molecular weight excluding hydrogens is 318 g/mol. The van der Waals surface area contributed by atoms with Crippen LogP contribution in [0.1, 0.15) is 11.1 Å². The number of piperazine rings is 1. The van der Waals surface area contributed by atoms with Crippen molar-refractivity contribution in [3.8, 4) is 5.75 Å². The predicted octanol–water partition coefficient (Wildman–Crippen LogP) is 3.95. The van der Waals surface area contributed by atoms with Gasteiger partial charge in [-0.15, -0.1) is 0 Å². The van der Waals surface area contributed by atoms with Crippen molar-refractivity contribution in [1.29, 1.82) is 0 Å². The molecule has 0 saturated carbocycles.